The minimum Gasteiger partial charge on any atom is -0.507 e. The summed E-state index contributed by atoms with van der Waals surface area (Å²) in [6, 6.07) is 4.13. The molecule has 0 saturated heterocycles. The number of carbonyl (C=O) groups is 1. The molecule has 0 amide bonds. The number of ether oxygens (including phenoxy) is 1. The summed E-state index contributed by atoms with van der Waals surface area (Å²) in [5.41, 5.74) is 1.57. The van der Waals surface area contributed by atoms with Crippen LogP contribution in [0.3, 0.4) is 0 Å². The summed E-state index contributed by atoms with van der Waals surface area (Å²) in [5, 5.41) is 41.8. The second-order valence-corrected chi connectivity index (χ2v) is 8.67. The molecule has 1 heterocycles. The number of Topliss-reactive ketones (excluding diaryl/α,β-unsaturated/α-hetero) is 1. The third-order valence-electron chi connectivity index (χ3n) is 5.68. The zero-order valence-corrected chi connectivity index (χ0v) is 18.2. The number of carbonyl (C=O) groups excluding carboxylic acids is 1. The molecule has 0 aromatic heterocycles. The number of hydrogen-bond donors (Lipinski definition) is 4. The first-order valence-corrected chi connectivity index (χ1v) is 10.1. The Morgan fingerprint density at radius 2 is 1.81 bits per heavy atom. The molecule has 2 aromatic rings. The molecule has 1 atom stereocenters. The maximum absolute atomic E-state index is 12.9. The number of fused-ring (bicyclic) bond motifs is 1. The van der Waals surface area contributed by atoms with Crippen LogP contribution < -0.4 is 4.74 Å². The number of allylic oxidation sites excluding steroid dienone is 3. The average molecular weight is 424 g/mol. The number of aromatic hydroxyl groups is 4. The molecule has 0 radical (unpaired) electrons. The lowest BCUT2D eigenvalue weighted by Gasteiger charge is -2.29. The number of benzene rings is 2. The number of ketones is 1. The van der Waals surface area contributed by atoms with Gasteiger partial charge in [-0.1, -0.05) is 31.6 Å². The topological polar surface area (TPSA) is 107 Å². The lowest BCUT2D eigenvalue weighted by Crippen LogP contribution is -2.22. The van der Waals surface area contributed by atoms with E-state index in [0.29, 0.717) is 11.1 Å². The molecule has 0 spiro atoms. The van der Waals surface area contributed by atoms with Crippen molar-refractivity contribution in [2.24, 2.45) is 0 Å². The molecule has 0 fully saturated rings. The summed E-state index contributed by atoms with van der Waals surface area (Å²) >= 11 is 0. The Morgan fingerprint density at radius 3 is 2.42 bits per heavy atom. The molecule has 31 heavy (non-hydrogen) atoms. The Bertz CT molecular complexity index is 1090. The molecule has 1 aliphatic heterocycles. The lowest BCUT2D eigenvalue weighted by molar-refractivity contribution is 0.0841. The SMILES string of the molecule is C=CC(C)(C)c1cc([C@@H]2CC(=O)c3c(cc(O)c(CC=C(C)C)c3O)O2)c(O)cc1O. The van der Waals surface area contributed by atoms with E-state index >= 15 is 0 Å². The summed E-state index contributed by atoms with van der Waals surface area (Å²) in [6.45, 7) is 11.3. The Labute approximate surface area is 181 Å². The van der Waals surface area contributed by atoms with Crippen LogP contribution in [0.25, 0.3) is 0 Å². The van der Waals surface area contributed by atoms with Crippen molar-refractivity contribution in [1.29, 1.82) is 0 Å². The molecule has 6 heteroatoms. The average Bonchev–Trinajstić information content (AvgIpc) is 2.66. The van der Waals surface area contributed by atoms with Gasteiger partial charge in [0, 0.05) is 34.2 Å². The van der Waals surface area contributed by atoms with Gasteiger partial charge in [0.2, 0.25) is 0 Å². The largest absolute Gasteiger partial charge is 0.507 e. The molecule has 3 rings (SSSR count). The van der Waals surface area contributed by atoms with Crippen LogP contribution in [0.4, 0.5) is 0 Å². The van der Waals surface area contributed by atoms with Crippen molar-refractivity contribution >= 4 is 5.78 Å². The van der Waals surface area contributed by atoms with Crippen molar-refractivity contribution < 1.29 is 30.0 Å². The molecule has 4 N–H and O–H groups in total. The summed E-state index contributed by atoms with van der Waals surface area (Å²) in [4.78, 5) is 12.9. The van der Waals surface area contributed by atoms with Gasteiger partial charge in [0.25, 0.3) is 0 Å². The highest BCUT2D eigenvalue weighted by molar-refractivity contribution is 6.03. The fraction of sp³-hybridized carbons (Fsp3) is 0.320. The van der Waals surface area contributed by atoms with Crippen LogP contribution in [-0.2, 0) is 11.8 Å². The molecular formula is C25H28O6. The Balaban J connectivity index is 2.06. The van der Waals surface area contributed by atoms with E-state index in [2.05, 4.69) is 6.58 Å². The van der Waals surface area contributed by atoms with Crippen molar-refractivity contribution in [3.63, 3.8) is 0 Å². The highest BCUT2D eigenvalue weighted by Gasteiger charge is 2.35. The first-order chi connectivity index (χ1) is 14.5. The third-order valence-corrected chi connectivity index (χ3v) is 5.68. The van der Waals surface area contributed by atoms with Gasteiger partial charge in [-0.15, -0.1) is 6.58 Å². The molecule has 6 nitrogen and oxygen atoms in total. The van der Waals surface area contributed by atoms with Gasteiger partial charge in [-0.3, -0.25) is 4.79 Å². The van der Waals surface area contributed by atoms with Crippen LogP contribution in [0.5, 0.6) is 28.7 Å². The fourth-order valence-corrected chi connectivity index (χ4v) is 3.66. The standard InChI is InChI=1S/C25H28O6/c1-6-25(4,5)16-9-15(17(26)10-19(16)28)21-12-20(29)23-22(31-21)11-18(27)14(24(23)30)8-7-13(2)3/h6-7,9-11,21,26-28,30H,1,8,12H2,2-5H3/t21-/m0/s1. The summed E-state index contributed by atoms with van der Waals surface area (Å²) in [6.07, 6.45) is 2.84. The highest BCUT2D eigenvalue weighted by Crippen LogP contribution is 2.47. The van der Waals surface area contributed by atoms with Gasteiger partial charge >= 0.3 is 0 Å². The molecule has 164 valence electrons. The van der Waals surface area contributed by atoms with E-state index in [4.69, 9.17) is 4.74 Å². The van der Waals surface area contributed by atoms with Gasteiger partial charge in [0.15, 0.2) is 5.78 Å². The van der Waals surface area contributed by atoms with Crippen LogP contribution in [0.2, 0.25) is 0 Å². The van der Waals surface area contributed by atoms with E-state index in [1.807, 2.05) is 33.8 Å². The van der Waals surface area contributed by atoms with E-state index in [1.54, 1.807) is 12.1 Å². The second kappa shape index (κ2) is 8.02. The smallest absolute Gasteiger partial charge is 0.174 e. The Kier molecular flexibility index (Phi) is 5.77. The molecule has 0 bridgehead atoms. The molecule has 1 aliphatic rings. The van der Waals surface area contributed by atoms with Gasteiger partial charge in [0.05, 0.1) is 6.42 Å². The van der Waals surface area contributed by atoms with Crippen LogP contribution >= 0.6 is 0 Å². The first kappa shape index (κ1) is 22.3. The van der Waals surface area contributed by atoms with Gasteiger partial charge < -0.3 is 25.2 Å². The zero-order valence-electron chi connectivity index (χ0n) is 18.2. The zero-order chi connectivity index (χ0) is 23.1. The van der Waals surface area contributed by atoms with Crippen molar-refractivity contribution in [1.82, 2.24) is 0 Å². The summed E-state index contributed by atoms with van der Waals surface area (Å²) in [5.74, 6) is -1.08. The van der Waals surface area contributed by atoms with Crippen molar-refractivity contribution in [2.75, 3.05) is 0 Å². The third kappa shape index (κ3) is 4.10. The van der Waals surface area contributed by atoms with Gasteiger partial charge in [0.1, 0.15) is 40.4 Å². The Morgan fingerprint density at radius 1 is 1.13 bits per heavy atom. The van der Waals surface area contributed by atoms with E-state index in [-0.39, 0.29) is 58.5 Å². The van der Waals surface area contributed by atoms with Crippen LogP contribution in [0, 0.1) is 0 Å². The first-order valence-electron chi connectivity index (χ1n) is 10.1. The van der Waals surface area contributed by atoms with Crippen molar-refractivity contribution in [3.8, 4) is 28.7 Å². The summed E-state index contributed by atoms with van der Waals surface area (Å²) < 4.78 is 5.93. The number of rotatable bonds is 5. The Hall–Kier alpha value is -3.41. The minimum absolute atomic E-state index is 0.0242. The van der Waals surface area contributed by atoms with E-state index < -0.39 is 11.5 Å². The molecule has 0 aliphatic carbocycles. The van der Waals surface area contributed by atoms with E-state index in [1.165, 1.54) is 12.1 Å². The molecule has 0 saturated carbocycles. The second-order valence-electron chi connectivity index (χ2n) is 8.67. The molecular weight excluding hydrogens is 396 g/mol. The van der Waals surface area contributed by atoms with Crippen LogP contribution in [0.15, 0.2) is 42.5 Å². The van der Waals surface area contributed by atoms with Gasteiger partial charge in [-0.25, -0.2) is 0 Å². The number of phenolic OH excluding ortho intramolecular Hbond substituents is 4. The van der Waals surface area contributed by atoms with Crippen LogP contribution in [-0.4, -0.2) is 26.2 Å². The quantitative estimate of drug-likeness (QED) is 0.492. The van der Waals surface area contributed by atoms with Crippen LogP contribution in [0.1, 0.15) is 67.3 Å². The predicted molar refractivity (Wildman–Crippen MR) is 118 cm³/mol. The maximum atomic E-state index is 12.9. The number of phenols is 4. The van der Waals surface area contributed by atoms with Gasteiger partial charge in [-0.2, -0.15) is 0 Å². The highest BCUT2D eigenvalue weighted by atomic mass is 16.5. The van der Waals surface area contributed by atoms with E-state index in [0.717, 1.165) is 5.57 Å². The predicted octanol–water partition coefficient (Wildman–Crippen LogP) is 5.19. The summed E-state index contributed by atoms with van der Waals surface area (Å²) in [7, 11) is 0. The fourth-order valence-electron chi connectivity index (χ4n) is 3.66. The van der Waals surface area contributed by atoms with E-state index in [9.17, 15) is 25.2 Å². The molecule has 0 unspecified atom stereocenters. The van der Waals surface area contributed by atoms with Crippen molar-refractivity contribution in [2.45, 2.75) is 52.1 Å². The monoisotopic (exact) mass is 424 g/mol. The maximum Gasteiger partial charge on any atom is 0.174 e. The normalized spacial score (nSPS) is 15.7. The lowest BCUT2D eigenvalue weighted by atomic mass is 9.82. The number of hydrogen-bond acceptors (Lipinski definition) is 6. The van der Waals surface area contributed by atoms with Crippen molar-refractivity contribution in [3.05, 3.63) is 64.8 Å². The van der Waals surface area contributed by atoms with Gasteiger partial charge in [-0.05, 0) is 26.3 Å². The minimum atomic E-state index is -0.845. The molecule has 2 aromatic carbocycles.